The average Bonchev–Trinajstić information content (AvgIpc) is 2.80. The smallest absolute Gasteiger partial charge is 0.267 e. The Bertz CT molecular complexity index is 1130. The molecule has 0 aliphatic rings. The number of phenolic OH excluding ortho intramolecular Hbond substituents is 1. The summed E-state index contributed by atoms with van der Waals surface area (Å²) in [5.41, 5.74) is 0.652. The van der Waals surface area contributed by atoms with Crippen molar-refractivity contribution in [3.05, 3.63) is 93.2 Å². The first-order chi connectivity index (χ1) is 15.5. The number of hydrogen-bond acceptors (Lipinski definition) is 5. The van der Waals surface area contributed by atoms with E-state index < -0.39 is 11.8 Å². The fourth-order valence-electron chi connectivity index (χ4n) is 2.73. The van der Waals surface area contributed by atoms with Crippen molar-refractivity contribution in [2.24, 2.45) is 0 Å². The standard InChI is InChI=1S/C24H21IN2O5/c25-19-6-2-4-8-22(19)32-17-11-9-16(10-12-17)15-20(24(31)26-13-14-28)27-23(30)18-5-1-3-7-21(18)29/h1-12,15,28-29H,13-14H2,(H,26,31)(H,27,30)/b20-15-. The number of nitrogens with one attached hydrogen (secondary N) is 2. The van der Waals surface area contributed by atoms with Gasteiger partial charge < -0.3 is 25.6 Å². The molecule has 164 valence electrons. The van der Waals surface area contributed by atoms with Crippen LogP contribution in [0.3, 0.4) is 0 Å². The summed E-state index contributed by atoms with van der Waals surface area (Å²) in [5, 5.41) is 23.9. The van der Waals surface area contributed by atoms with Gasteiger partial charge in [0.2, 0.25) is 0 Å². The van der Waals surface area contributed by atoms with Crippen LogP contribution in [-0.4, -0.2) is 35.2 Å². The number of phenols is 1. The van der Waals surface area contributed by atoms with E-state index >= 15 is 0 Å². The minimum absolute atomic E-state index is 0.0296. The van der Waals surface area contributed by atoms with Gasteiger partial charge in [0.25, 0.3) is 11.8 Å². The van der Waals surface area contributed by atoms with Crippen molar-refractivity contribution >= 4 is 40.5 Å². The van der Waals surface area contributed by atoms with Crippen LogP contribution >= 0.6 is 22.6 Å². The van der Waals surface area contributed by atoms with Crippen molar-refractivity contribution in [1.82, 2.24) is 10.6 Å². The van der Waals surface area contributed by atoms with E-state index in [4.69, 9.17) is 9.84 Å². The van der Waals surface area contributed by atoms with Crippen molar-refractivity contribution in [3.8, 4) is 17.2 Å². The SMILES string of the molecule is O=C(NCCO)/C(=C/c1ccc(Oc2ccccc2I)cc1)NC(=O)c1ccccc1O. The van der Waals surface area contributed by atoms with Crippen molar-refractivity contribution in [1.29, 1.82) is 0 Å². The molecule has 3 aromatic carbocycles. The van der Waals surface area contributed by atoms with E-state index in [1.165, 1.54) is 18.2 Å². The van der Waals surface area contributed by atoms with E-state index in [9.17, 15) is 14.7 Å². The number of ether oxygens (including phenoxy) is 1. The van der Waals surface area contributed by atoms with Crippen LogP contribution < -0.4 is 15.4 Å². The second-order valence-corrected chi connectivity index (χ2v) is 7.77. The third-order valence-electron chi connectivity index (χ3n) is 4.29. The third kappa shape index (κ3) is 6.32. The molecule has 0 atom stereocenters. The Morgan fingerprint density at radius 1 is 0.969 bits per heavy atom. The number of rotatable bonds is 8. The minimum Gasteiger partial charge on any atom is -0.507 e. The summed E-state index contributed by atoms with van der Waals surface area (Å²) >= 11 is 2.19. The average molecular weight is 544 g/mol. The Balaban J connectivity index is 1.81. The number of halogens is 1. The van der Waals surface area contributed by atoms with Gasteiger partial charge in [-0.3, -0.25) is 9.59 Å². The summed E-state index contributed by atoms with van der Waals surface area (Å²) < 4.78 is 6.85. The molecule has 0 saturated carbocycles. The summed E-state index contributed by atoms with van der Waals surface area (Å²) in [6, 6.07) is 20.7. The van der Waals surface area contributed by atoms with Crippen molar-refractivity contribution in [3.63, 3.8) is 0 Å². The number of para-hydroxylation sites is 2. The Hall–Kier alpha value is -3.37. The number of aliphatic hydroxyl groups is 1. The highest BCUT2D eigenvalue weighted by atomic mass is 127. The zero-order valence-corrected chi connectivity index (χ0v) is 19.1. The largest absolute Gasteiger partial charge is 0.507 e. The molecule has 0 heterocycles. The number of hydrogen-bond donors (Lipinski definition) is 4. The zero-order chi connectivity index (χ0) is 22.9. The first kappa shape index (κ1) is 23.3. The van der Waals surface area contributed by atoms with Crippen molar-refractivity contribution in [2.45, 2.75) is 0 Å². The zero-order valence-electron chi connectivity index (χ0n) is 16.9. The molecule has 32 heavy (non-hydrogen) atoms. The van der Waals surface area contributed by atoms with Crippen LogP contribution in [-0.2, 0) is 4.79 Å². The molecule has 3 aromatic rings. The van der Waals surface area contributed by atoms with Gasteiger partial charge in [-0.05, 0) is 70.6 Å². The number of aliphatic hydroxyl groups excluding tert-OH is 1. The Morgan fingerprint density at radius 3 is 2.34 bits per heavy atom. The molecule has 0 saturated heterocycles. The van der Waals surface area contributed by atoms with E-state index in [0.29, 0.717) is 11.3 Å². The lowest BCUT2D eigenvalue weighted by atomic mass is 10.1. The molecular weight excluding hydrogens is 523 g/mol. The molecule has 2 amide bonds. The molecule has 0 bridgehead atoms. The van der Waals surface area contributed by atoms with E-state index in [1.54, 1.807) is 36.4 Å². The van der Waals surface area contributed by atoms with Gasteiger partial charge in [0, 0.05) is 6.54 Å². The normalized spacial score (nSPS) is 11.0. The molecule has 0 aliphatic carbocycles. The fraction of sp³-hybridized carbons (Fsp3) is 0.0833. The highest BCUT2D eigenvalue weighted by Gasteiger charge is 2.16. The molecule has 0 aliphatic heterocycles. The van der Waals surface area contributed by atoms with Gasteiger partial charge >= 0.3 is 0 Å². The van der Waals surface area contributed by atoms with Crippen molar-refractivity contribution in [2.75, 3.05) is 13.2 Å². The monoisotopic (exact) mass is 544 g/mol. The van der Waals surface area contributed by atoms with E-state index in [2.05, 4.69) is 33.2 Å². The Morgan fingerprint density at radius 2 is 1.66 bits per heavy atom. The number of aromatic hydroxyl groups is 1. The van der Waals surface area contributed by atoms with E-state index in [-0.39, 0.29) is 30.2 Å². The molecule has 4 N–H and O–H groups in total. The first-order valence-electron chi connectivity index (χ1n) is 9.70. The lowest BCUT2D eigenvalue weighted by Crippen LogP contribution is -2.36. The van der Waals surface area contributed by atoms with Crippen LogP contribution in [0.2, 0.25) is 0 Å². The lowest BCUT2D eigenvalue weighted by molar-refractivity contribution is -0.117. The molecule has 0 aromatic heterocycles. The predicted octanol–water partition coefficient (Wildman–Crippen LogP) is 3.67. The van der Waals surface area contributed by atoms with Crippen LogP contribution in [0, 0.1) is 3.57 Å². The van der Waals surface area contributed by atoms with Crippen molar-refractivity contribution < 1.29 is 24.5 Å². The molecule has 8 heteroatoms. The summed E-state index contributed by atoms with van der Waals surface area (Å²) in [6.07, 6.45) is 1.50. The molecule has 7 nitrogen and oxygen atoms in total. The summed E-state index contributed by atoms with van der Waals surface area (Å²) in [6.45, 7) is -0.206. The third-order valence-corrected chi connectivity index (χ3v) is 5.19. The van der Waals surface area contributed by atoms with Gasteiger partial charge in [-0.1, -0.05) is 36.4 Å². The first-order valence-corrected chi connectivity index (χ1v) is 10.8. The van der Waals surface area contributed by atoms with Crippen LogP contribution in [0.1, 0.15) is 15.9 Å². The molecule has 0 fully saturated rings. The van der Waals surface area contributed by atoms with Gasteiger partial charge in [0.15, 0.2) is 0 Å². The van der Waals surface area contributed by atoms with Gasteiger partial charge in [-0.25, -0.2) is 0 Å². The molecule has 0 radical (unpaired) electrons. The number of carbonyl (C=O) groups is 2. The second kappa shape index (κ2) is 11.3. The predicted molar refractivity (Wildman–Crippen MR) is 129 cm³/mol. The van der Waals surface area contributed by atoms with Gasteiger partial charge in [-0.2, -0.15) is 0 Å². The van der Waals surface area contributed by atoms with Crippen LogP contribution in [0.25, 0.3) is 6.08 Å². The quantitative estimate of drug-likeness (QED) is 0.256. The van der Waals surface area contributed by atoms with Gasteiger partial charge in [0.1, 0.15) is 22.9 Å². The Kier molecular flexibility index (Phi) is 8.23. The fourth-order valence-corrected chi connectivity index (χ4v) is 3.23. The Labute approximate surface area is 198 Å². The maximum atomic E-state index is 12.6. The summed E-state index contributed by atoms with van der Waals surface area (Å²) in [4.78, 5) is 25.1. The summed E-state index contributed by atoms with van der Waals surface area (Å²) in [7, 11) is 0. The lowest BCUT2D eigenvalue weighted by Gasteiger charge is -2.12. The minimum atomic E-state index is -0.632. The van der Waals surface area contributed by atoms with Crippen LogP contribution in [0.15, 0.2) is 78.5 Å². The molecule has 0 unspecified atom stereocenters. The van der Waals surface area contributed by atoms with Gasteiger partial charge in [0.05, 0.1) is 15.7 Å². The van der Waals surface area contributed by atoms with Crippen LogP contribution in [0.4, 0.5) is 0 Å². The topological polar surface area (TPSA) is 108 Å². The van der Waals surface area contributed by atoms with E-state index in [0.717, 1.165) is 9.32 Å². The molecule has 0 spiro atoms. The van der Waals surface area contributed by atoms with Gasteiger partial charge in [-0.15, -0.1) is 0 Å². The molecule has 3 rings (SSSR count). The number of carbonyl (C=O) groups excluding carboxylic acids is 2. The maximum absolute atomic E-state index is 12.6. The number of benzene rings is 3. The summed E-state index contributed by atoms with van der Waals surface area (Å²) in [5.74, 6) is -0.0440. The highest BCUT2D eigenvalue weighted by Crippen LogP contribution is 2.26. The second-order valence-electron chi connectivity index (χ2n) is 6.61. The highest BCUT2D eigenvalue weighted by molar-refractivity contribution is 14.1. The maximum Gasteiger partial charge on any atom is 0.267 e. The molecular formula is C24H21IN2O5. The number of amides is 2. The van der Waals surface area contributed by atoms with E-state index in [1.807, 2.05) is 24.3 Å². The van der Waals surface area contributed by atoms with Crippen LogP contribution in [0.5, 0.6) is 17.2 Å².